The Hall–Kier alpha value is -0.790. The molecule has 0 aromatic rings. The van der Waals surface area contributed by atoms with E-state index in [1.165, 1.54) is 109 Å². The SMILES string of the molecule is CCCCCCC=COC(=O)CCCCCCCCCCCCCCCCC. The van der Waals surface area contributed by atoms with Crippen LogP contribution in [0.25, 0.3) is 0 Å². The number of esters is 1. The molecule has 166 valence electrons. The maximum absolute atomic E-state index is 11.6. The zero-order chi connectivity index (χ0) is 20.5. The molecule has 0 unspecified atom stereocenters. The molecule has 0 amide bonds. The Balaban J connectivity index is 3.18. The van der Waals surface area contributed by atoms with E-state index in [0.717, 1.165) is 19.3 Å². The van der Waals surface area contributed by atoms with Crippen molar-refractivity contribution in [1.82, 2.24) is 0 Å². The lowest BCUT2D eigenvalue weighted by Gasteiger charge is -2.03. The van der Waals surface area contributed by atoms with Crippen molar-refractivity contribution in [2.75, 3.05) is 0 Å². The van der Waals surface area contributed by atoms with Crippen molar-refractivity contribution in [2.45, 2.75) is 149 Å². The highest BCUT2D eigenvalue weighted by molar-refractivity contribution is 5.69. The van der Waals surface area contributed by atoms with Crippen LogP contribution in [0.1, 0.15) is 149 Å². The van der Waals surface area contributed by atoms with Crippen LogP contribution in [0.4, 0.5) is 0 Å². The summed E-state index contributed by atoms with van der Waals surface area (Å²) >= 11 is 0. The van der Waals surface area contributed by atoms with Gasteiger partial charge in [-0.1, -0.05) is 123 Å². The predicted molar refractivity (Wildman–Crippen MR) is 124 cm³/mol. The van der Waals surface area contributed by atoms with E-state index in [9.17, 15) is 4.79 Å². The second kappa shape index (κ2) is 24.2. The van der Waals surface area contributed by atoms with Gasteiger partial charge in [-0.15, -0.1) is 0 Å². The average Bonchev–Trinajstić information content (AvgIpc) is 2.70. The molecule has 0 bridgehead atoms. The van der Waals surface area contributed by atoms with E-state index in [-0.39, 0.29) is 5.97 Å². The van der Waals surface area contributed by atoms with Crippen molar-refractivity contribution in [3.05, 3.63) is 12.3 Å². The van der Waals surface area contributed by atoms with Gasteiger partial charge in [0.05, 0.1) is 6.26 Å². The Bertz CT molecular complexity index is 335. The molecule has 28 heavy (non-hydrogen) atoms. The molecule has 0 aromatic carbocycles. The molecule has 0 aliphatic heterocycles. The van der Waals surface area contributed by atoms with Gasteiger partial charge in [0.2, 0.25) is 0 Å². The average molecular weight is 395 g/mol. The summed E-state index contributed by atoms with van der Waals surface area (Å²) in [6.45, 7) is 4.50. The fourth-order valence-electron chi connectivity index (χ4n) is 3.58. The molecule has 0 aliphatic carbocycles. The quantitative estimate of drug-likeness (QED) is 0.104. The van der Waals surface area contributed by atoms with Crippen LogP contribution in [0.5, 0.6) is 0 Å². The Morgan fingerprint density at radius 1 is 0.571 bits per heavy atom. The summed E-state index contributed by atoms with van der Waals surface area (Å²) in [5.41, 5.74) is 0. The zero-order valence-electron chi connectivity index (χ0n) is 19.3. The van der Waals surface area contributed by atoms with Crippen molar-refractivity contribution in [2.24, 2.45) is 0 Å². The number of hydrogen-bond donors (Lipinski definition) is 0. The van der Waals surface area contributed by atoms with Crippen LogP contribution in [-0.4, -0.2) is 5.97 Å². The Morgan fingerprint density at radius 3 is 1.43 bits per heavy atom. The molecule has 2 nitrogen and oxygen atoms in total. The maximum Gasteiger partial charge on any atom is 0.310 e. The zero-order valence-corrected chi connectivity index (χ0v) is 19.3. The molecule has 2 heteroatoms. The van der Waals surface area contributed by atoms with Gasteiger partial charge in [-0.2, -0.15) is 0 Å². The highest BCUT2D eigenvalue weighted by atomic mass is 16.5. The Morgan fingerprint density at radius 2 is 0.964 bits per heavy atom. The smallest absolute Gasteiger partial charge is 0.310 e. The van der Waals surface area contributed by atoms with E-state index in [4.69, 9.17) is 4.74 Å². The third kappa shape index (κ3) is 23.2. The van der Waals surface area contributed by atoms with Crippen LogP contribution in [0.3, 0.4) is 0 Å². The molecule has 0 rings (SSSR count). The molecular formula is C26H50O2. The number of allylic oxidation sites excluding steroid dienone is 1. The molecule has 0 N–H and O–H groups in total. The van der Waals surface area contributed by atoms with E-state index >= 15 is 0 Å². The molecule has 0 fully saturated rings. The summed E-state index contributed by atoms with van der Waals surface area (Å²) in [4.78, 5) is 11.6. The lowest BCUT2D eigenvalue weighted by molar-refractivity contribution is -0.138. The number of unbranched alkanes of at least 4 members (excludes halogenated alkanes) is 18. The van der Waals surface area contributed by atoms with E-state index in [2.05, 4.69) is 13.8 Å². The van der Waals surface area contributed by atoms with Crippen molar-refractivity contribution in [1.29, 1.82) is 0 Å². The second-order valence-corrected chi connectivity index (χ2v) is 8.41. The Labute approximate surface area is 176 Å². The molecular weight excluding hydrogens is 344 g/mol. The predicted octanol–water partition coefficient (Wildman–Crippen LogP) is 9.28. The molecule has 0 radical (unpaired) electrons. The molecule has 0 atom stereocenters. The van der Waals surface area contributed by atoms with Gasteiger partial charge in [-0.25, -0.2) is 0 Å². The summed E-state index contributed by atoms with van der Waals surface area (Å²) < 4.78 is 5.15. The van der Waals surface area contributed by atoms with Gasteiger partial charge >= 0.3 is 5.97 Å². The van der Waals surface area contributed by atoms with Crippen LogP contribution in [0, 0.1) is 0 Å². The first-order valence-corrected chi connectivity index (χ1v) is 12.7. The fraction of sp³-hybridized carbons (Fsp3) is 0.885. The van der Waals surface area contributed by atoms with E-state index in [1.807, 2.05) is 6.08 Å². The molecule has 0 heterocycles. The fourth-order valence-corrected chi connectivity index (χ4v) is 3.58. The lowest BCUT2D eigenvalue weighted by atomic mass is 10.0. The van der Waals surface area contributed by atoms with Gasteiger partial charge in [-0.05, 0) is 25.3 Å². The molecule has 0 spiro atoms. The van der Waals surface area contributed by atoms with Crippen LogP contribution < -0.4 is 0 Å². The highest BCUT2D eigenvalue weighted by Gasteiger charge is 2.00. The first kappa shape index (κ1) is 27.2. The van der Waals surface area contributed by atoms with Crippen molar-refractivity contribution >= 4 is 5.97 Å². The molecule has 0 saturated carbocycles. The second-order valence-electron chi connectivity index (χ2n) is 8.41. The number of ether oxygens (including phenoxy) is 1. The number of rotatable bonds is 22. The minimum absolute atomic E-state index is 0.0699. The van der Waals surface area contributed by atoms with Gasteiger partial charge in [0.25, 0.3) is 0 Å². The van der Waals surface area contributed by atoms with Crippen molar-refractivity contribution in [3.63, 3.8) is 0 Å². The largest absolute Gasteiger partial charge is 0.435 e. The third-order valence-electron chi connectivity index (χ3n) is 5.50. The standard InChI is InChI=1S/C26H50O2/c1-3-5-7-9-11-12-13-14-15-16-17-18-19-20-22-24-26(27)28-25-23-21-10-8-6-4-2/h23,25H,3-22,24H2,1-2H3. The molecule has 0 aliphatic rings. The van der Waals surface area contributed by atoms with Crippen LogP contribution in [0.2, 0.25) is 0 Å². The topological polar surface area (TPSA) is 26.3 Å². The number of hydrogen-bond acceptors (Lipinski definition) is 2. The summed E-state index contributed by atoms with van der Waals surface area (Å²) in [5, 5.41) is 0. The lowest BCUT2D eigenvalue weighted by Crippen LogP contribution is -1.98. The van der Waals surface area contributed by atoms with Crippen LogP contribution in [-0.2, 0) is 9.53 Å². The van der Waals surface area contributed by atoms with Crippen LogP contribution >= 0.6 is 0 Å². The third-order valence-corrected chi connectivity index (χ3v) is 5.50. The molecule has 0 aromatic heterocycles. The minimum Gasteiger partial charge on any atom is -0.435 e. The van der Waals surface area contributed by atoms with Gasteiger partial charge in [0.15, 0.2) is 0 Å². The van der Waals surface area contributed by atoms with Gasteiger partial charge in [0, 0.05) is 6.42 Å². The summed E-state index contributed by atoms with van der Waals surface area (Å²) in [7, 11) is 0. The Kier molecular flexibility index (Phi) is 23.6. The number of carbonyl (C=O) groups is 1. The minimum atomic E-state index is -0.0699. The normalized spacial score (nSPS) is 11.4. The summed E-state index contributed by atoms with van der Waals surface area (Å²) in [6, 6.07) is 0. The van der Waals surface area contributed by atoms with Gasteiger partial charge in [0.1, 0.15) is 0 Å². The van der Waals surface area contributed by atoms with E-state index in [0.29, 0.717) is 6.42 Å². The summed E-state index contributed by atoms with van der Waals surface area (Å²) in [6.07, 6.45) is 30.5. The van der Waals surface area contributed by atoms with E-state index < -0.39 is 0 Å². The summed E-state index contributed by atoms with van der Waals surface area (Å²) in [5.74, 6) is -0.0699. The van der Waals surface area contributed by atoms with Gasteiger partial charge < -0.3 is 4.74 Å². The highest BCUT2D eigenvalue weighted by Crippen LogP contribution is 2.13. The van der Waals surface area contributed by atoms with Crippen molar-refractivity contribution in [3.8, 4) is 0 Å². The van der Waals surface area contributed by atoms with Crippen molar-refractivity contribution < 1.29 is 9.53 Å². The van der Waals surface area contributed by atoms with Crippen LogP contribution in [0.15, 0.2) is 12.3 Å². The molecule has 0 saturated heterocycles. The first-order chi connectivity index (χ1) is 13.8. The van der Waals surface area contributed by atoms with E-state index in [1.54, 1.807) is 6.26 Å². The maximum atomic E-state index is 11.6. The number of carbonyl (C=O) groups excluding carboxylic acids is 1. The van der Waals surface area contributed by atoms with Gasteiger partial charge in [-0.3, -0.25) is 4.79 Å². The first-order valence-electron chi connectivity index (χ1n) is 12.7. The monoisotopic (exact) mass is 394 g/mol.